The van der Waals surface area contributed by atoms with Crippen molar-refractivity contribution < 1.29 is 17.7 Å². The maximum Gasteiger partial charge on any atom is 0.227 e. The Kier molecular flexibility index (Phi) is 6.04. The molecule has 0 unspecified atom stereocenters. The molecule has 1 aromatic heterocycles. The van der Waals surface area contributed by atoms with Crippen LogP contribution in [0, 0.1) is 6.92 Å². The summed E-state index contributed by atoms with van der Waals surface area (Å²) in [6, 6.07) is 7.68. The molecule has 0 aliphatic rings. The van der Waals surface area contributed by atoms with Gasteiger partial charge in [-0.1, -0.05) is 29.4 Å². The number of carbonyl (C=O) groups excluding carboxylic acids is 1. The molecule has 2 rings (SSSR count). The lowest BCUT2D eigenvalue weighted by Crippen LogP contribution is -2.33. The first kappa shape index (κ1) is 18.1. The van der Waals surface area contributed by atoms with Gasteiger partial charge in [0.05, 0.1) is 5.75 Å². The lowest BCUT2D eigenvalue weighted by molar-refractivity contribution is -0.121. The van der Waals surface area contributed by atoms with Gasteiger partial charge in [0.2, 0.25) is 27.6 Å². The van der Waals surface area contributed by atoms with Gasteiger partial charge >= 0.3 is 0 Å². The number of hydrogen-bond acceptors (Lipinski definition) is 6. The van der Waals surface area contributed by atoms with E-state index in [1.165, 1.54) is 7.05 Å². The van der Waals surface area contributed by atoms with Gasteiger partial charge in [0.25, 0.3) is 0 Å². The minimum absolute atomic E-state index is 0.0559. The number of amides is 1. The van der Waals surface area contributed by atoms with Crippen LogP contribution in [0.4, 0.5) is 0 Å². The number of aromatic nitrogens is 2. The number of aryl methyl sites for hydroxylation is 2. The Bertz CT molecular complexity index is 801. The molecule has 8 nitrogen and oxygen atoms in total. The predicted octanol–water partition coefficient (Wildman–Crippen LogP) is 0.643. The molecule has 2 aromatic rings. The number of nitrogens with one attached hydrogen (secondary N) is 2. The Hall–Kier alpha value is -2.26. The summed E-state index contributed by atoms with van der Waals surface area (Å²) >= 11 is 0. The highest BCUT2D eigenvalue weighted by atomic mass is 32.2. The van der Waals surface area contributed by atoms with E-state index >= 15 is 0 Å². The highest BCUT2D eigenvalue weighted by molar-refractivity contribution is 7.89. The third-order valence-electron chi connectivity index (χ3n) is 3.42. The smallest absolute Gasteiger partial charge is 0.227 e. The summed E-state index contributed by atoms with van der Waals surface area (Å²) in [5.74, 6) is 0.430. The maximum atomic E-state index is 11.7. The molecule has 0 aliphatic heterocycles. The molecule has 24 heavy (non-hydrogen) atoms. The molecule has 2 N–H and O–H groups in total. The number of sulfonamides is 1. The minimum Gasteiger partial charge on any atom is -0.355 e. The van der Waals surface area contributed by atoms with Crippen LogP contribution in [0.2, 0.25) is 0 Å². The van der Waals surface area contributed by atoms with Gasteiger partial charge < -0.3 is 9.84 Å². The lowest BCUT2D eigenvalue weighted by atomic mass is 10.1. The van der Waals surface area contributed by atoms with E-state index in [0.717, 1.165) is 11.1 Å². The quantitative estimate of drug-likeness (QED) is 0.721. The van der Waals surface area contributed by atoms with Crippen molar-refractivity contribution in [2.75, 3.05) is 19.3 Å². The van der Waals surface area contributed by atoms with Gasteiger partial charge in [-0.05, 0) is 19.5 Å². The van der Waals surface area contributed by atoms with Gasteiger partial charge in [-0.15, -0.1) is 0 Å². The lowest BCUT2D eigenvalue weighted by Gasteiger charge is -2.04. The number of nitrogens with zero attached hydrogens (tertiary/aromatic N) is 2. The van der Waals surface area contributed by atoms with E-state index in [0.29, 0.717) is 18.1 Å². The Morgan fingerprint density at radius 3 is 2.75 bits per heavy atom. The molecule has 0 fully saturated rings. The fourth-order valence-electron chi connectivity index (χ4n) is 2.03. The fraction of sp³-hybridized carbons (Fsp3) is 0.400. The molecule has 130 valence electrons. The highest BCUT2D eigenvalue weighted by Crippen LogP contribution is 2.19. The SMILES string of the molecule is CNS(=O)(=O)CCNC(=O)CCc1nc(-c2ccccc2C)no1. The van der Waals surface area contributed by atoms with Crippen LogP contribution in [-0.4, -0.2) is 43.8 Å². The Morgan fingerprint density at radius 2 is 2.04 bits per heavy atom. The number of hydrogen-bond donors (Lipinski definition) is 2. The van der Waals surface area contributed by atoms with Gasteiger partial charge in [0.15, 0.2) is 0 Å². The number of rotatable bonds is 8. The third-order valence-corrected chi connectivity index (χ3v) is 4.79. The van der Waals surface area contributed by atoms with E-state index in [4.69, 9.17) is 4.52 Å². The van der Waals surface area contributed by atoms with Crippen LogP contribution in [0.3, 0.4) is 0 Å². The van der Waals surface area contributed by atoms with Gasteiger partial charge in [-0.2, -0.15) is 4.98 Å². The molecular formula is C15H20N4O4S. The Morgan fingerprint density at radius 1 is 1.29 bits per heavy atom. The maximum absolute atomic E-state index is 11.7. The summed E-state index contributed by atoms with van der Waals surface area (Å²) in [6.45, 7) is 2.01. The van der Waals surface area contributed by atoms with E-state index in [1.807, 2.05) is 31.2 Å². The average molecular weight is 352 g/mol. The molecule has 1 aromatic carbocycles. The van der Waals surface area contributed by atoms with Crippen molar-refractivity contribution in [3.8, 4) is 11.4 Å². The van der Waals surface area contributed by atoms with Crippen LogP contribution in [0.1, 0.15) is 17.9 Å². The summed E-state index contributed by atoms with van der Waals surface area (Å²) in [7, 11) is -1.99. The normalized spacial score (nSPS) is 11.4. The zero-order chi connectivity index (χ0) is 17.6. The summed E-state index contributed by atoms with van der Waals surface area (Å²) in [5.41, 5.74) is 1.92. The van der Waals surface area contributed by atoms with E-state index in [1.54, 1.807) is 0 Å². The summed E-state index contributed by atoms with van der Waals surface area (Å²) < 4.78 is 29.8. The first-order valence-corrected chi connectivity index (χ1v) is 9.13. The first-order valence-electron chi connectivity index (χ1n) is 7.48. The van der Waals surface area contributed by atoms with Gasteiger partial charge in [-0.25, -0.2) is 13.1 Å². The van der Waals surface area contributed by atoms with E-state index in [9.17, 15) is 13.2 Å². The van der Waals surface area contributed by atoms with Gasteiger partial charge in [-0.3, -0.25) is 4.79 Å². The molecule has 0 saturated heterocycles. The molecule has 0 bridgehead atoms. The van der Waals surface area contributed by atoms with Crippen molar-refractivity contribution in [3.05, 3.63) is 35.7 Å². The van der Waals surface area contributed by atoms with Gasteiger partial charge in [0, 0.05) is 24.9 Å². The fourth-order valence-corrected chi connectivity index (χ4v) is 2.60. The molecule has 1 amide bonds. The summed E-state index contributed by atoms with van der Waals surface area (Å²) in [6.07, 6.45) is 0.443. The predicted molar refractivity (Wildman–Crippen MR) is 88.6 cm³/mol. The largest absolute Gasteiger partial charge is 0.355 e. The molecule has 0 aliphatic carbocycles. The summed E-state index contributed by atoms with van der Waals surface area (Å²) in [5, 5.41) is 6.47. The van der Waals surface area contributed by atoms with Crippen molar-refractivity contribution in [1.29, 1.82) is 0 Å². The standard InChI is InChI=1S/C15H20N4O4S/c1-11-5-3-4-6-12(11)15-18-14(23-19-15)8-7-13(20)17-9-10-24(21,22)16-2/h3-6,16H,7-10H2,1-2H3,(H,17,20). The van der Waals surface area contributed by atoms with Crippen molar-refractivity contribution in [1.82, 2.24) is 20.2 Å². The minimum atomic E-state index is -3.32. The zero-order valence-corrected chi connectivity index (χ0v) is 14.4. The molecule has 0 spiro atoms. The van der Waals surface area contributed by atoms with Crippen LogP contribution >= 0.6 is 0 Å². The molecule has 1 heterocycles. The molecule has 0 atom stereocenters. The monoisotopic (exact) mass is 352 g/mol. The molecule has 0 radical (unpaired) electrons. The Balaban J connectivity index is 1.83. The van der Waals surface area contributed by atoms with Crippen molar-refractivity contribution in [3.63, 3.8) is 0 Å². The van der Waals surface area contributed by atoms with E-state index in [2.05, 4.69) is 20.2 Å². The van der Waals surface area contributed by atoms with Crippen LogP contribution < -0.4 is 10.0 Å². The summed E-state index contributed by atoms with van der Waals surface area (Å²) in [4.78, 5) is 16.0. The van der Waals surface area contributed by atoms with Crippen molar-refractivity contribution in [2.24, 2.45) is 0 Å². The van der Waals surface area contributed by atoms with Crippen LogP contribution in [-0.2, 0) is 21.2 Å². The number of benzene rings is 1. The number of carbonyl (C=O) groups is 1. The zero-order valence-electron chi connectivity index (χ0n) is 13.6. The van der Waals surface area contributed by atoms with Crippen molar-refractivity contribution >= 4 is 15.9 Å². The topological polar surface area (TPSA) is 114 Å². The second-order valence-electron chi connectivity index (χ2n) is 5.20. The van der Waals surface area contributed by atoms with E-state index in [-0.39, 0.29) is 24.6 Å². The molecule has 9 heteroatoms. The molecule has 0 saturated carbocycles. The third kappa shape index (κ3) is 5.14. The first-order chi connectivity index (χ1) is 11.4. The van der Waals surface area contributed by atoms with Crippen molar-refractivity contribution in [2.45, 2.75) is 19.8 Å². The second kappa shape index (κ2) is 8.02. The molecular weight excluding hydrogens is 332 g/mol. The Labute approximate surface area is 140 Å². The average Bonchev–Trinajstić information content (AvgIpc) is 3.02. The van der Waals surface area contributed by atoms with Gasteiger partial charge in [0.1, 0.15) is 0 Å². The van der Waals surface area contributed by atoms with E-state index < -0.39 is 10.0 Å². The van der Waals surface area contributed by atoms with Crippen LogP contribution in [0.5, 0.6) is 0 Å². The second-order valence-corrected chi connectivity index (χ2v) is 7.25. The van der Waals surface area contributed by atoms with Crippen LogP contribution in [0.25, 0.3) is 11.4 Å². The van der Waals surface area contributed by atoms with Crippen LogP contribution in [0.15, 0.2) is 28.8 Å². The highest BCUT2D eigenvalue weighted by Gasteiger charge is 2.12.